The van der Waals surface area contributed by atoms with Gasteiger partial charge in [0.25, 0.3) is 11.6 Å². The molecule has 1 amide bonds. The van der Waals surface area contributed by atoms with Crippen LogP contribution in [0.4, 0.5) is 5.69 Å². The van der Waals surface area contributed by atoms with E-state index in [0.29, 0.717) is 28.8 Å². The molecule has 0 bridgehead atoms. The van der Waals surface area contributed by atoms with E-state index in [1.54, 1.807) is 12.1 Å². The van der Waals surface area contributed by atoms with Crippen LogP contribution in [-0.2, 0) is 6.54 Å². The van der Waals surface area contributed by atoms with Crippen LogP contribution < -0.4 is 0 Å². The Kier molecular flexibility index (Phi) is 9.73. The van der Waals surface area contributed by atoms with E-state index in [4.69, 9.17) is 4.98 Å². The van der Waals surface area contributed by atoms with Crippen LogP contribution >= 0.6 is 0 Å². The standard InChI is InChI=1S/C31H43N5O3/c1-23(2)13-19-34(20-14-24(3)4)31(37)26-11-12-28-29(22-26)35(18-8-17-33-15-5-6-16-33)30(32-28)25-9-7-10-27(21-25)36(38)39/h7,9-12,21-24H,5-6,8,13-20H2,1-4H3. The van der Waals surface area contributed by atoms with Crippen LogP contribution in [0, 0.1) is 22.0 Å². The van der Waals surface area contributed by atoms with E-state index in [-0.39, 0.29) is 16.5 Å². The zero-order valence-corrected chi connectivity index (χ0v) is 23.9. The molecule has 1 aromatic heterocycles. The van der Waals surface area contributed by atoms with Crippen LogP contribution in [0.3, 0.4) is 0 Å². The lowest BCUT2D eigenvalue weighted by Gasteiger charge is -2.25. The summed E-state index contributed by atoms with van der Waals surface area (Å²) in [4.78, 5) is 34.2. The topological polar surface area (TPSA) is 84.5 Å². The van der Waals surface area contributed by atoms with Gasteiger partial charge in [-0.25, -0.2) is 4.98 Å². The number of imidazole rings is 1. The Morgan fingerprint density at radius 3 is 2.33 bits per heavy atom. The number of aryl methyl sites for hydroxylation is 1. The van der Waals surface area contributed by atoms with Crippen molar-refractivity contribution in [3.8, 4) is 11.4 Å². The Morgan fingerprint density at radius 2 is 1.69 bits per heavy atom. The second-order valence-corrected chi connectivity index (χ2v) is 11.7. The minimum atomic E-state index is -0.371. The van der Waals surface area contributed by atoms with Crippen molar-refractivity contribution in [3.05, 3.63) is 58.1 Å². The molecule has 1 aliphatic heterocycles. The molecule has 0 N–H and O–H groups in total. The van der Waals surface area contributed by atoms with Crippen LogP contribution in [0.1, 0.15) is 70.2 Å². The van der Waals surface area contributed by atoms with Crippen molar-refractivity contribution in [1.29, 1.82) is 0 Å². The number of nitrogens with zero attached hydrogens (tertiary/aromatic N) is 5. The van der Waals surface area contributed by atoms with Crippen LogP contribution in [0.15, 0.2) is 42.5 Å². The van der Waals surface area contributed by atoms with Crippen molar-refractivity contribution in [1.82, 2.24) is 19.4 Å². The molecule has 2 aromatic carbocycles. The average molecular weight is 534 g/mol. The molecule has 0 radical (unpaired) electrons. The van der Waals surface area contributed by atoms with E-state index in [9.17, 15) is 14.9 Å². The Labute approximate surface area is 232 Å². The lowest BCUT2D eigenvalue weighted by molar-refractivity contribution is -0.384. The van der Waals surface area contributed by atoms with Crippen molar-refractivity contribution in [2.24, 2.45) is 11.8 Å². The Balaban J connectivity index is 1.69. The number of nitro groups is 1. The number of amides is 1. The molecule has 1 fully saturated rings. The Hall–Kier alpha value is -3.26. The van der Waals surface area contributed by atoms with Gasteiger partial charge < -0.3 is 14.4 Å². The molecule has 8 heteroatoms. The fourth-order valence-corrected chi connectivity index (χ4v) is 5.25. The highest BCUT2D eigenvalue weighted by Crippen LogP contribution is 2.29. The van der Waals surface area contributed by atoms with E-state index in [0.717, 1.165) is 69.6 Å². The lowest BCUT2D eigenvalue weighted by atomic mass is 10.1. The first-order chi connectivity index (χ1) is 18.7. The number of nitro benzene ring substituents is 1. The first kappa shape index (κ1) is 28.7. The number of fused-ring (bicyclic) bond motifs is 1. The molecule has 2 heterocycles. The van der Waals surface area contributed by atoms with Crippen molar-refractivity contribution in [2.75, 3.05) is 32.7 Å². The predicted octanol–water partition coefficient (Wildman–Crippen LogP) is 6.63. The lowest BCUT2D eigenvalue weighted by Crippen LogP contribution is -2.34. The van der Waals surface area contributed by atoms with Crippen molar-refractivity contribution >= 4 is 22.6 Å². The van der Waals surface area contributed by atoms with Gasteiger partial charge >= 0.3 is 0 Å². The summed E-state index contributed by atoms with van der Waals surface area (Å²) in [6.45, 7) is 14.3. The monoisotopic (exact) mass is 533 g/mol. The highest BCUT2D eigenvalue weighted by molar-refractivity contribution is 5.98. The SMILES string of the molecule is CC(C)CCN(CCC(C)C)C(=O)c1ccc2nc(-c3cccc([N+](=O)[O-])c3)n(CCCN3CCCC3)c2c1. The van der Waals surface area contributed by atoms with Gasteiger partial charge in [0.2, 0.25) is 0 Å². The van der Waals surface area contributed by atoms with Gasteiger partial charge in [-0.15, -0.1) is 0 Å². The zero-order chi connectivity index (χ0) is 27.9. The number of aromatic nitrogens is 2. The minimum absolute atomic E-state index is 0.0463. The largest absolute Gasteiger partial charge is 0.339 e. The van der Waals surface area contributed by atoms with E-state index >= 15 is 0 Å². The quantitative estimate of drug-likeness (QED) is 0.182. The third kappa shape index (κ3) is 7.44. The molecule has 3 aromatic rings. The van der Waals surface area contributed by atoms with Crippen molar-refractivity contribution < 1.29 is 9.72 Å². The number of carbonyl (C=O) groups excluding carboxylic acids is 1. The normalized spacial score (nSPS) is 14.1. The molecule has 4 rings (SSSR count). The molecule has 39 heavy (non-hydrogen) atoms. The Bertz CT molecular complexity index is 1260. The number of likely N-dealkylation sites (tertiary alicyclic amines) is 1. The van der Waals surface area contributed by atoms with E-state index in [2.05, 4.69) is 37.2 Å². The maximum absolute atomic E-state index is 13.7. The molecular formula is C31H43N5O3. The van der Waals surface area contributed by atoms with Crippen LogP contribution in [0.5, 0.6) is 0 Å². The number of hydrogen-bond donors (Lipinski definition) is 0. The van der Waals surface area contributed by atoms with Gasteiger partial charge in [-0.1, -0.05) is 39.8 Å². The first-order valence-corrected chi connectivity index (χ1v) is 14.5. The molecule has 0 unspecified atom stereocenters. The van der Waals surface area contributed by atoms with E-state index in [1.807, 2.05) is 29.2 Å². The number of hydrogen-bond acceptors (Lipinski definition) is 5. The summed E-state index contributed by atoms with van der Waals surface area (Å²) in [5, 5.41) is 11.5. The summed E-state index contributed by atoms with van der Waals surface area (Å²) < 4.78 is 2.15. The second-order valence-electron chi connectivity index (χ2n) is 11.7. The van der Waals surface area contributed by atoms with Gasteiger partial charge in [0.05, 0.1) is 16.0 Å². The third-order valence-electron chi connectivity index (χ3n) is 7.61. The summed E-state index contributed by atoms with van der Waals surface area (Å²) in [6, 6.07) is 12.4. The zero-order valence-electron chi connectivity index (χ0n) is 23.9. The van der Waals surface area contributed by atoms with Gasteiger partial charge in [-0.3, -0.25) is 14.9 Å². The second kappa shape index (κ2) is 13.2. The fourth-order valence-electron chi connectivity index (χ4n) is 5.25. The molecule has 0 saturated carbocycles. The van der Waals surface area contributed by atoms with E-state index < -0.39 is 0 Å². The van der Waals surface area contributed by atoms with Crippen LogP contribution in [0.2, 0.25) is 0 Å². The molecule has 8 nitrogen and oxygen atoms in total. The number of non-ortho nitro benzene ring substituents is 1. The van der Waals surface area contributed by atoms with E-state index in [1.165, 1.54) is 18.9 Å². The van der Waals surface area contributed by atoms with Gasteiger partial charge in [0.15, 0.2) is 0 Å². The highest BCUT2D eigenvalue weighted by atomic mass is 16.6. The summed E-state index contributed by atoms with van der Waals surface area (Å²) in [5.41, 5.74) is 3.12. The molecule has 0 spiro atoms. The summed E-state index contributed by atoms with van der Waals surface area (Å²) in [6.07, 6.45) is 5.39. The molecule has 210 valence electrons. The first-order valence-electron chi connectivity index (χ1n) is 14.5. The molecule has 0 atom stereocenters. The Morgan fingerprint density at radius 1 is 1.00 bits per heavy atom. The number of rotatable bonds is 13. The summed E-state index contributed by atoms with van der Waals surface area (Å²) >= 11 is 0. The summed E-state index contributed by atoms with van der Waals surface area (Å²) in [5.74, 6) is 1.81. The maximum Gasteiger partial charge on any atom is 0.270 e. The van der Waals surface area contributed by atoms with Gasteiger partial charge in [-0.05, 0) is 81.8 Å². The van der Waals surface area contributed by atoms with Crippen molar-refractivity contribution in [2.45, 2.75) is 66.3 Å². The molecular weight excluding hydrogens is 490 g/mol. The fraction of sp³-hybridized carbons (Fsp3) is 0.548. The predicted molar refractivity (Wildman–Crippen MR) is 157 cm³/mol. The molecule has 1 saturated heterocycles. The van der Waals surface area contributed by atoms with Crippen LogP contribution in [-0.4, -0.2) is 62.9 Å². The average Bonchev–Trinajstić information content (AvgIpc) is 3.56. The van der Waals surface area contributed by atoms with Gasteiger partial charge in [-0.2, -0.15) is 0 Å². The van der Waals surface area contributed by atoms with Crippen LogP contribution in [0.25, 0.3) is 22.4 Å². The molecule has 1 aliphatic rings. The smallest absolute Gasteiger partial charge is 0.270 e. The third-order valence-corrected chi connectivity index (χ3v) is 7.61. The molecule has 0 aliphatic carbocycles. The maximum atomic E-state index is 13.7. The number of benzene rings is 2. The van der Waals surface area contributed by atoms with Crippen molar-refractivity contribution in [3.63, 3.8) is 0 Å². The number of carbonyl (C=O) groups is 1. The minimum Gasteiger partial charge on any atom is -0.339 e. The van der Waals surface area contributed by atoms with Gasteiger partial charge in [0, 0.05) is 42.9 Å². The highest BCUT2D eigenvalue weighted by Gasteiger charge is 2.21. The van der Waals surface area contributed by atoms with Gasteiger partial charge in [0.1, 0.15) is 5.82 Å². The summed E-state index contributed by atoms with van der Waals surface area (Å²) in [7, 11) is 0.